The molecule has 0 spiro atoms. The van der Waals surface area contributed by atoms with Crippen LogP contribution in [0.1, 0.15) is 5.56 Å². The van der Waals surface area contributed by atoms with Gasteiger partial charge < -0.3 is 0 Å². The molecule has 19 heavy (non-hydrogen) atoms. The zero-order valence-corrected chi connectivity index (χ0v) is 10.1. The molecule has 0 radical (unpaired) electrons. The molecule has 3 rings (SSSR count). The third-order valence-corrected chi connectivity index (χ3v) is 3.07. The Bertz CT molecular complexity index is 943. The number of rotatable bonds is 1. The molecule has 0 bridgehead atoms. The number of nitrogens with zero attached hydrogens (tertiary/aromatic N) is 3. The summed E-state index contributed by atoms with van der Waals surface area (Å²) in [6, 6.07) is 5.92. The fourth-order valence-corrected chi connectivity index (χ4v) is 2.17. The van der Waals surface area contributed by atoms with E-state index >= 15 is 0 Å². The van der Waals surface area contributed by atoms with E-state index in [9.17, 15) is 14.9 Å². The van der Waals surface area contributed by atoms with Crippen molar-refractivity contribution in [1.29, 1.82) is 0 Å². The van der Waals surface area contributed by atoms with E-state index in [1.807, 2.05) is 0 Å². The van der Waals surface area contributed by atoms with Gasteiger partial charge in [-0.3, -0.25) is 19.3 Å². The highest BCUT2D eigenvalue weighted by Crippen LogP contribution is 2.19. The molecule has 0 N–H and O–H groups in total. The zero-order valence-electron chi connectivity index (χ0n) is 10.1. The summed E-state index contributed by atoms with van der Waals surface area (Å²) in [6.45, 7) is 5.55. The minimum Gasteiger partial charge on any atom is -0.269 e. The Labute approximate surface area is 106 Å². The minimum absolute atomic E-state index is 0.0503. The summed E-state index contributed by atoms with van der Waals surface area (Å²) in [5, 5.41) is 11.4. The van der Waals surface area contributed by atoms with Gasteiger partial charge in [-0.15, -0.1) is 0 Å². The number of hydrogen-bond donors (Lipinski definition) is 0. The lowest BCUT2D eigenvalue weighted by Gasteiger charge is -1.97. The number of nitro groups is 1. The highest BCUT2D eigenvalue weighted by Gasteiger charge is 2.13. The minimum atomic E-state index is -0.488. The van der Waals surface area contributed by atoms with Crippen LogP contribution in [-0.2, 0) is 0 Å². The fourth-order valence-electron chi connectivity index (χ4n) is 2.17. The van der Waals surface area contributed by atoms with Crippen molar-refractivity contribution in [3.05, 3.63) is 55.5 Å². The summed E-state index contributed by atoms with van der Waals surface area (Å²) in [7, 11) is 0. The van der Waals surface area contributed by atoms with Crippen LogP contribution in [0.25, 0.3) is 23.3 Å². The monoisotopic (exact) mass is 255 g/mol. The summed E-state index contributed by atoms with van der Waals surface area (Å²) in [5.41, 5.74) is 1.74. The smallest absolute Gasteiger partial charge is 0.269 e. The second-order valence-electron chi connectivity index (χ2n) is 4.36. The molecule has 0 fully saturated rings. The molecule has 0 saturated carbocycles. The Balaban J connectivity index is 2.57. The van der Waals surface area contributed by atoms with Gasteiger partial charge in [0.15, 0.2) is 0 Å². The van der Waals surface area contributed by atoms with Gasteiger partial charge in [0.1, 0.15) is 5.65 Å². The van der Waals surface area contributed by atoms with Crippen molar-refractivity contribution < 1.29 is 4.92 Å². The van der Waals surface area contributed by atoms with Crippen molar-refractivity contribution in [3.8, 4) is 0 Å². The van der Waals surface area contributed by atoms with E-state index in [2.05, 4.69) is 11.6 Å². The molecular weight excluding hydrogens is 246 g/mol. The molecule has 6 nitrogen and oxygen atoms in total. The number of pyridine rings is 1. The Morgan fingerprint density at radius 3 is 2.79 bits per heavy atom. The number of aryl methyl sites for hydroxylation is 1. The lowest BCUT2D eigenvalue weighted by Crippen LogP contribution is -2.21. The molecule has 0 aliphatic carbocycles. The largest absolute Gasteiger partial charge is 0.271 e. The lowest BCUT2D eigenvalue weighted by atomic mass is 10.2. The third kappa shape index (κ3) is 1.50. The number of aromatic nitrogens is 2. The third-order valence-electron chi connectivity index (χ3n) is 3.07. The van der Waals surface area contributed by atoms with Gasteiger partial charge in [-0.25, -0.2) is 4.98 Å². The maximum atomic E-state index is 12.1. The van der Waals surface area contributed by atoms with Crippen LogP contribution in [0.15, 0.2) is 29.1 Å². The molecule has 0 aliphatic heterocycles. The van der Waals surface area contributed by atoms with Gasteiger partial charge in [-0.1, -0.05) is 6.58 Å². The Morgan fingerprint density at radius 2 is 2.11 bits per heavy atom. The van der Waals surface area contributed by atoms with Crippen LogP contribution < -0.4 is 10.8 Å². The summed E-state index contributed by atoms with van der Waals surface area (Å²) < 4.78 is 1.44. The van der Waals surface area contributed by atoms with E-state index in [1.165, 1.54) is 22.6 Å². The Hall–Kier alpha value is -2.76. The van der Waals surface area contributed by atoms with Gasteiger partial charge in [0.05, 0.1) is 16.0 Å². The number of benzene rings is 1. The highest BCUT2D eigenvalue weighted by atomic mass is 16.6. The predicted octanol–water partition coefficient (Wildman–Crippen LogP) is 1.19. The molecule has 0 atom stereocenters. The van der Waals surface area contributed by atoms with E-state index < -0.39 is 4.92 Å². The molecule has 0 aliphatic rings. The molecule has 94 valence electrons. The van der Waals surface area contributed by atoms with Crippen LogP contribution in [-0.4, -0.2) is 14.3 Å². The molecule has 1 aromatic carbocycles. The summed E-state index contributed by atoms with van der Waals surface area (Å²) in [6.07, 6.45) is 0. The van der Waals surface area contributed by atoms with Crippen LogP contribution in [0.5, 0.6) is 0 Å². The molecule has 2 heterocycles. The normalized spacial score (nSPS) is 11.2. The Kier molecular flexibility index (Phi) is 2.16. The number of fused-ring (bicyclic) bond motifs is 3. The SMILES string of the molecule is C=c1cc(C)c(=O)n2c1nc1cc([N+](=O)[O-])ccc12. The van der Waals surface area contributed by atoms with Crippen molar-refractivity contribution in [3.63, 3.8) is 0 Å². The molecule has 3 aromatic rings. The maximum absolute atomic E-state index is 12.1. The van der Waals surface area contributed by atoms with Crippen molar-refractivity contribution in [2.75, 3.05) is 0 Å². The van der Waals surface area contributed by atoms with Crippen molar-refractivity contribution in [2.45, 2.75) is 6.92 Å². The van der Waals surface area contributed by atoms with Gasteiger partial charge in [0.2, 0.25) is 0 Å². The number of hydrogen-bond acceptors (Lipinski definition) is 4. The Morgan fingerprint density at radius 1 is 1.37 bits per heavy atom. The molecule has 0 saturated heterocycles. The summed E-state index contributed by atoms with van der Waals surface area (Å²) >= 11 is 0. The molecule has 2 aromatic heterocycles. The van der Waals surface area contributed by atoms with Crippen molar-refractivity contribution in [1.82, 2.24) is 9.38 Å². The number of nitro benzene ring substituents is 1. The average Bonchev–Trinajstić information content (AvgIpc) is 2.75. The van der Waals surface area contributed by atoms with Crippen LogP contribution in [0.2, 0.25) is 0 Å². The summed E-state index contributed by atoms with van der Waals surface area (Å²) in [5.74, 6) is 0. The maximum Gasteiger partial charge on any atom is 0.271 e. The van der Waals surface area contributed by atoms with E-state index in [4.69, 9.17) is 0 Å². The van der Waals surface area contributed by atoms with Gasteiger partial charge in [0.25, 0.3) is 11.2 Å². The second-order valence-corrected chi connectivity index (χ2v) is 4.36. The van der Waals surface area contributed by atoms with E-state index in [0.29, 0.717) is 27.5 Å². The number of non-ortho nitro benzene ring substituents is 1. The van der Waals surface area contributed by atoms with Crippen LogP contribution in [0.4, 0.5) is 5.69 Å². The predicted molar refractivity (Wildman–Crippen MR) is 71.1 cm³/mol. The van der Waals surface area contributed by atoms with E-state index in [-0.39, 0.29) is 11.2 Å². The first-order chi connectivity index (χ1) is 8.99. The van der Waals surface area contributed by atoms with E-state index in [1.54, 1.807) is 13.0 Å². The van der Waals surface area contributed by atoms with Gasteiger partial charge >= 0.3 is 0 Å². The molecule has 0 amide bonds. The topological polar surface area (TPSA) is 77.5 Å². The highest BCUT2D eigenvalue weighted by molar-refractivity contribution is 5.82. The second kappa shape index (κ2) is 3.61. The molecule has 6 heteroatoms. The van der Waals surface area contributed by atoms with Gasteiger partial charge in [-0.05, 0) is 19.1 Å². The quantitative estimate of drug-likeness (QED) is 0.483. The molecular formula is C13H9N3O3. The first-order valence-electron chi connectivity index (χ1n) is 5.58. The van der Waals surface area contributed by atoms with E-state index in [0.717, 1.165) is 0 Å². The molecule has 0 unspecified atom stereocenters. The van der Waals surface area contributed by atoms with Gasteiger partial charge in [0, 0.05) is 22.9 Å². The zero-order chi connectivity index (χ0) is 13.7. The van der Waals surface area contributed by atoms with Crippen molar-refractivity contribution in [2.24, 2.45) is 0 Å². The van der Waals surface area contributed by atoms with Gasteiger partial charge in [-0.2, -0.15) is 0 Å². The first-order valence-corrected chi connectivity index (χ1v) is 5.58. The fraction of sp³-hybridized carbons (Fsp3) is 0.0769. The first kappa shape index (κ1) is 11.3. The summed E-state index contributed by atoms with van der Waals surface area (Å²) in [4.78, 5) is 26.6. The lowest BCUT2D eigenvalue weighted by molar-refractivity contribution is -0.384. The number of imidazole rings is 1. The van der Waals surface area contributed by atoms with Crippen LogP contribution >= 0.6 is 0 Å². The van der Waals surface area contributed by atoms with Crippen LogP contribution in [0.3, 0.4) is 0 Å². The van der Waals surface area contributed by atoms with Crippen LogP contribution in [0, 0.1) is 17.0 Å². The average molecular weight is 255 g/mol. The standard InChI is InChI=1S/C13H9N3O3/c1-7-5-8(2)13(17)15-11-4-3-9(16(18)19)6-10(11)14-12(7)15/h3-6H,1H2,2H3. The van der Waals surface area contributed by atoms with Crippen molar-refractivity contribution >= 4 is 28.9 Å².